The Balaban J connectivity index is 2.68. The Kier molecular flexibility index (Phi) is 4.56. The number of amides is 2. The highest BCUT2D eigenvalue weighted by Crippen LogP contribution is 2.15. The van der Waals surface area contributed by atoms with Crippen molar-refractivity contribution in [3.63, 3.8) is 0 Å². The van der Waals surface area contributed by atoms with E-state index < -0.39 is 0 Å². The molecule has 0 radical (unpaired) electrons. The molecule has 1 aliphatic rings. The minimum absolute atomic E-state index is 0.0706. The van der Waals surface area contributed by atoms with Crippen LogP contribution in [-0.2, 0) is 4.74 Å². The van der Waals surface area contributed by atoms with Gasteiger partial charge in [0.15, 0.2) is 0 Å². The summed E-state index contributed by atoms with van der Waals surface area (Å²) in [6.45, 7) is 9.74. The summed E-state index contributed by atoms with van der Waals surface area (Å²) in [4.78, 5) is 15.9. The quantitative estimate of drug-likeness (QED) is 0.766. The summed E-state index contributed by atoms with van der Waals surface area (Å²) in [5.41, 5.74) is 5.43. The zero-order valence-corrected chi connectivity index (χ0v) is 10.5. The summed E-state index contributed by atoms with van der Waals surface area (Å²) < 4.78 is 5.24. The lowest BCUT2D eigenvalue weighted by atomic mass is 10.0. The first-order valence-electron chi connectivity index (χ1n) is 5.87. The van der Waals surface area contributed by atoms with Gasteiger partial charge in [0.05, 0.1) is 18.8 Å². The van der Waals surface area contributed by atoms with E-state index in [0.29, 0.717) is 39.4 Å². The third kappa shape index (κ3) is 2.86. The van der Waals surface area contributed by atoms with E-state index in [1.54, 1.807) is 0 Å². The van der Waals surface area contributed by atoms with E-state index in [9.17, 15) is 4.79 Å². The number of nitrogens with zero attached hydrogens (tertiary/aromatic N) is 2. The molecule has 5 nitrogen and oxygen atoms in total. The highest BCUT2D eigenvalue weighted by Gasteiger charge is 2.31. The molecule has 1 rings (SSSR count). The van der Waals surface area contributed by atoms with Gasteiger partial charge in [0.1, 0.15) is 0 Å². The molecule has 5 heteroatoms. The first-order chi connectivity index (χ1) is 7.53. The largest absolute Gasteiger partial charge is 0.378 e. The SMILES string of the molecule is CCN(C(=O)N1CCOCC1)C(C)(C)CN. The van der Waals surface area contributed by atoms with Gasteiger partial charge in [-0.2, -0.15) is 0 Å². The molecule has 2 N–H and O–H groups in total. The number of nitrogens with two attached hydrogens (primary N) is 1. The lowest BCUT2D eigenvalue weighted by Gasteiger charge is -2.41. The molecule has 1 saturated heterocycles. The lowest BCUT2D eigenvalue weighted by molar-refractivity contribution is 0.0335. The van der Waals surface area contributed by atoms with Crippen LogP contribution in [0.25, 0.3) is 0 Å². The Bertz CT molecular complexity index is 237. The van der Waals surface area contributed by atoms with Gasteiger partial charge in [0, 0.05) is 26.2 Å². The Morgan fingerprint density at radius 3 is 2.44 bits per heavy atom. The number of carbonyl (C=O) groups is 1. The van der Waals surface area contributed by atoms with Gasteiger partial charge in [-0.05, 0) is 20.8 Å². The van der Waals surface area contributed by atoms with Gasteiger partial charge >= 0.3 is 6.03 Å². The van der Waals surface area contributed by atoms with Crippen LogP contribution >= 0.6 is 0 Å². The molecule has 0 bridgehead atoms. The summed E-state index contributed by atoms with van der Waals surface area (Å²) in [6.07, 6.45) is 0. The number of ether oxygens (including phenoxy) is 1. The van der Waals surface area contributed by atoms with Gasteiger partial charge < -0.3 is 20.3 Å². The second-order valence-electron chi connectivity index (χ2n) is 4.64. The van der Waals surface area contributed by atoms with Crippen molar-refractivity contribution < 1.29 is 9.53 Å². The predicted octanol–water partition coefficient (Wildman–Crippen LogP) is 0.498. The van der Waals surface area contributed by atoms with Gasteiger partial charge in [-0.15, -0.1) is 0 Å². The fraction of sp³-hybridized carbons (Fsp3) is 0.909. The van der Waals surface area contributed by atoms with Gasteiger partial charge in [0.25, 0.3) is 0 Å². The molecule has 0 atom stereocenters. The van der Waals surface area contributed by atoms with E-state index in [4.69, 9.17) is 10.5 Å². The summed E-state index contributed by atoms with van der Waals surface area (Å²) in [7, 11) is 0. The zero-order chi connectivity index (χ0) is 12.2. The number of rotatable bonds is 3. The smallest absolute Gasteiger partial charge is 0.320 e. The molecule has 0 aromatic carbocycles. The molecule has 0 aliphatic carbocycles. The topological polar surface area (TPSA) is 58.8 Å². The normalized spacial score (nSPS) is 17.4. The van der Waals surface area contributed by atoms with Crippen molar-refractivity contribution in [2.75, 3.05) is 39.4 Å². The maximum atomic E-state index is 12.3. The summed E-state index contributed by atoms with van der Waals surface area (Å²) in [5.74, 6) is 0. The van der Waals surface area contributed by atoms with E-state index in [0.717, 1.165) is 0 Å². The van der Waals surface area contributed by atoms with Crippen LogP contribution in [0.4, 0.5) is 4.79 Å². The maximum absolute atomic E-state index is 12.3. The number of hydrogen-bond acceptors (Lipinski definition) is 3. The van der Waals surface area contributed by atoms with Crippen LogP contribution in [0.1, 0.15) is 20.8 Å². The molecular formula is C11H23N3O2. The molecular weight excluding hydrogens is 206 g/mol. The third-order valence-electron chi connectivity index (χ3n) is 3.06. The average Bonchev–Trinajstić information content (AvgIpc) is 2.30. The highest BCUT2D eigenvalue weighted by atomic mass is 16.5. The molecule has 2 amide bonds. The van der Waals surface area contributed by atoms with Crippen LogP contribution in [0.2, 0.25) is 0 Å². The Morgan fingerprint density at radius 2 is 2.00 bits per heavy atom. The highest BCUT2D eigenvalue weighted by molar-refractivity contribution is 5.75. The summed E-state index contributed by atoms with van der Waals surface area (Å²) in [5, 5.41) is 0. The van der Waals surface area contributed by atoms with Crippen molar-refractivity contribution in [3.05, 3.63) is 0 Å². The average molecular weight is 229 g/mol. The second-order valence-corrected chi connectivity index (χ2v) is 4.64. The molecule has 0 unspecified atom stereocenters. The second kappa shape index (κ2) is 5.50. The first-order valence-corrected chi connectivity index (χ1v) is 5.87. The van der Waals surface area contributed by atoms with Gasteiger partial charge in [-0.25, -0.2) is 4.79 Å². The molecule has 0 spiro atoms. The Hall–Kier alpha value is -0.810. The van der Waals surface area contributed by atoms with Crippen LogP contribution in [-0.4, -0.2) is 60.8 Å². The van der Waals surface area contributed by atoms with Crippen LogP contribution in [0.5, 0.6) is 0 Å². The summed E-state index contributed by atoms with van der Waals surface area (Å²) in [6, 6.07) is 0.0706. The maximum Gasteiger partial charge on any atom is 0.320 e. The molecule has 94 valence electrons. The van der Waals surface area contributed by atoms with Crippen LogP contribution in [0.3, 0.4) is 0 Å². The fourth-order valence-electron chi connectivity index (χ4n) is 1.86. The molecule has 0 aromatic heterocycles. The fourth-order valence-corrected chi connectivity index (χ4v) is 1.86. The van der Waals surface area contributed by atoms with E-state index in [1.165, 1.54) is 0 Å². The minimum atomic E-state index is -0.288. The van der Waals surface area contributed by atoms with Gasteiger partial charge in [0.2, 0.25) is 0 Å². The standard InChI is InChI=1S/C11H23N3O2/c1-4-14(11(2,3)9-12)10(15)13-5-7-16-8-6-13/h4-9,12H2,1-3H3. The van der Waals surface area contributed by atoms with Gasteiger partial charge in [-0.1, -0.05) is 0 Å². The molecule has 16 heavy (non-hydrogen) atoms. The lowest BCUT2D eigenvalue weighted by Crippen LogP contribution is -2.57. The van der Waals surface area contributed by atoms with E-state index in [1.807, 2.05) is 30.6 Å². The molecule has 1 aliphatic heterocycles. The molecule has 1 fully saturated rings. The monoisotopic (exact) mass is 229 g/mol. The van der Waals surface area contributed by atoms with Crippen LogP contribution in [0.15, 0.2) is 0 Å². The number of morpholine rings is 1. The van der Waals surface area contributed by atoms with Crippen LogP contribution < -0.4 is 5.73 Å². The van der Waals surface area contributed by atoms with E-state index in [-0.39, 0.29) is 11.6 Å². The Morgan fingerprint density at radius 1 is 1.44 bits per heavy atom. The minimum Gasteiger partial charge on any atom is -0.378 e. The Labute approximate surface area is 97.5 Å². The molecule has 0 saturated carbocycles. The number of hydrogen-bond donors (Lipinski definition) is 1. The third-order valence-corrected chi connectivity index (χ3v) is 3.06. The predicted molar refractivity (Wildman–Crippen MR) is 63.3 cm³/mol. The van der Waals surface area contributed by atoms with E-state index in [2.05, 4.69) is 0 Å². The van der Waals surface area contributed by atoms with Crippen molar-refractivity contribution in [2.45, 2.75) is 26.3 Å². The molecule has 0 aromatic rings. The van der Waals surface area contributed by atoms with Crippen molar-refractivity contribution >= 4 is 6.03 Å². The van der Waals surface area contributed by atoms with Crippen LogP contribution in [0, 0.1) is 0 Å². The molecule has 1 heterocycles. The van der Waals surface area contributed by atoms with Crippen molar-refractivity contribution in [3.8, 4) is 0 Å². The van der Waals surface area contributed by atoms with Gasteiger partial charge in [-0.3, -0.25) is 0 Å². The van der Waals surface area contributed by atoms with Crippen molar-refractivity contribution in [1.29, 1.82) is 0 Å². The summed E-state index contributed by atoms with van der Waals surface area (Å²) >= 11 is 0. The first kappa shape index (κ1) is 13.3. The van der Waals surface area contributed by atoms with E-state index >= 15 is 0 Å². The van der Waals surface area contributed by atoms with Crippen molar-refractivity contribution in [1.82, 2.24) is 9.80 Å². The number of urea groups is 1. The number of likely N-dealkylation sites (N-methyl/N-ethyl adjacent to an activating group) is 1. The van der Waals surface area contributed by atoms with Crippen molar-refractivity contribution in [2.24, 2.45) is 5.73 Å². The zero-order valence-electron chi connectivity index (χ0n) is 10.5. The number of carbonyl (C=O) groups excluding carboxylic acids is 1.